The van der Waals surface area contributed by atoms with Gasteiger partial charge in [0.25, 0.3) is 0 Å². The first kappa shape index (κ1) is 7.52. The van der Waals surface area contributed by atoms with Crippen molar-refractivity contribution in [1.82, 2.24) is 0 Å². The molecule has 1 heteroatoms. The molecule has 0 radical (unpaired) electrons. The number of nitrogens with zero attached hydrogens (tertiary/aromatic N) is 1. The van der Waals surface area contributed by atoms with Gasteiger partial charge in [-0.3, -0.25) is 4.99 Å². The van der Waals surface area contributed by atoms with Gasteiger partial charge in [0, 0.05) is 6.21 Å². The third-order valence-electron chi connectivity index (χ3n) is 1.56. The zero-order valence-corrected chi connectivity index (χ0v) is 6.80. The van der Waals surface area contributed by atoms with E-state index in [1.807, 2.05) is 6.21 Å². The monoisotopic (exact) mass is 137 g/mol. The van der Waals surface area contributed by atoms with Crippen LogP contribution in [0.15, 0.2) is 16.6 Å². The average molecular weight is 137 g/mol. The minimum atomic E-state index is 0.667. The Balaban J connectivity index is 2.27. The van der Waals surface area contributed by atoms with E-state index in [0.717, 1.165) is 6.42 Å². The summed E-state index contributed by atoms with van der Waals surface area (Å²) in [6.07, 6.45) is 7.92. The molecule has 0 heterocycles. The lowest BCUT2D eigenvalue weighted by atomic mass is 10.3. The molecule has 56 valence electrons. The van der Waals surface area contributed by atoms with E-state index in [2.05, 4.69) is 24.9 Å². The Hall–Kier alpha value is -0.590. The molecule has 0 atom stereocenters. The van der Waals surface area contributed by atoms with Crippen LogP contribution < -0.4 is 0 Å². The van der Waals surface area contributed by atoms with Crippen molar-refractivity contribution in [1.29, 1.82) is 0 Å². The van der Waals surface area contributed by atoms with Crippen molar-refractivity contribution in [2.24, 2.45) is 4.99 Å². The average Bonchev–Trinajstić information content (AvgIpc) is 2.67. The smallest absolute Gasteiger partial charge is 0.0501 e. The molecule has 0 aromatic carbocycles. The maximum Gasteiger partial charge on any atom is 0.0501 e. The van der Waals surface area contributed by atoms with Gasteiger partial charge in [-0.1, -0.05) is 13.0 Å². The zero-order valence-electron chi connectivity index (χ0n) is 6.80. The van der Waals surface area contributed by atoms with Gasteiger partial charge >= 0.3 is 0 Å². The summed E-state index contributed by atoms with van der Waals surface area (Å²) in [4.78, 5) is 4.36. The topological polar surface area (TPSA) is 12.4 Å². The first-order chi connectivity index (χ1) is 4.83. The molecule has 0 aromatic heterocycles. The fraction of sp³-hybridized carbons (Fsp3) is 0.667. The largest absolute Gasteiger partial charge is 0.290 e. The van der Waals surface area contributed by atoms with E-state index in [9.17, 15) is 0 Å². The van der Waals surface area contributed by atoms with Gasteiger partial charge in [-0.2, -0.15) is 0 Å². The van der Waals surface area contributed by atoms with Crippen LogP contribution in [-0.2, 0) is 0 Å². The minimum Gasteiger partial charge on any atom is -0.290 e. The van der Waals surface area contributed by atoms with Gasteiger partial charge in [0.1, 0.15) is 0 Å². The lowest BCUT2D eigenvalue weighted by Crippen LogP contribution is -1.80. The lowest BCUT2D eigenvalue weighted by molar-refractivity contribution is 1.07. The molecule has 0 aromatic rings. The van der Waals surface area contributed by atoms with Crippen molar-refractivity contribution in [2.45, 2.75) is 39.2 Å². The number of allylic oxidation sites excluding steroid dienone is 2. The molecular weight excluding hydrogens is 122 g/mol. The third kappa shape index (κ3) is 2.81. The van der Waals surface area contributed by atoms with Crippen molar-refractivity contribution < 1.29 is 0 Å². The fourth-order valence-corrected chi connectivity index (χ4v) is 0.821. The molecule has 0 spiro atoms. The van der Waals surface area contributed by atoms with Crippen LogP contribution in [0.5, 0.6) is 0 Å². The Bertz CT molecular complexity index is 152. The van der Waals surface area contributed by atoms with E-state index in [1.54, 1.807) is 0 Å². The number of aliphatic imine (C=N–C) groups is 1. The second kappa shape index (κ2) is 3.55. The highest BCUT2D eigenvalue weighted by Crippen LogP contribution is 2.22. The Labute approximate surface area is 62.9 Å². The Kier molecular flexibility index (Phi) is 2.67. The highest BCUT2D eigenvalue weighted by molar-refractivity contribution is 5.77. The van der Waals surface area contributed by atoms with Gasteiger partial charge in [0.2, 0.25) is 0 Å². The number of hydrogen-bond acceptors (Lipinski definition) is 1. The van der Waals surface area contributed by atoms with E-state index in [1.165, 1.54) is 18.4 Å². The quantitative estimate of drug-likeness (QED) is 0.530. The summed E-state index contributed by atoms with van der Waals surface area (Å²) in [6.45, 7) is 4.25. The molecule has 10 heavy (non-hydrogen) atoms. The highest BCUT2D eigenvalue weighted by Gasteiger charge is 2.18. The molecule has 1 saturated carbocycles. The summed E-state index contributed by atoms with van der Waals surface area (Å²) in [7, 11) is 0. The van der Waals surface area contributed by atoms with Gasteiger partial charge in [0.15, 0.2) is 0 Å². The van der Waals surface area contributed by atoms with Crippen LogP contribution in [0.1, 0.15) is 33.1 Å². The summed E-state index contributed by atoms with van der Waals surface area (Å²) >= 11 is 0. The van der Waals surface area contributed by atoms with E-state index < -0.39 is 0 Å². The summed E-state index contributed by atoms with van der Waals surface area (Å²) in [5.41, 5.74) is 1.30. The van der Waals surface area contributed by atoms with Crippen LogP contribution in [-0.4, -0.2) is 12.3 Å². The van der Waals surface area contributed by atoms with Crippen molar-refractivity contribution in [2.75, 3.05) is 0 Å². The Morgan fingerprint density at radius 2 is 2.30 bits per heavy atom. The molecule has 1 rings (SSSR count). The van der Waals surface area contributed by atoms with Crippen LogP contribution in [0.2, 0.25) is 0 Å². The lowest BCUT2D eigenvalue weighted by Gasteiger charge is -1.87. The van der Waals surface area contributed by atoms with E-state index >= 15 is 0 Å². The summed E-state index contributed by atoms with van der Waals surface area (Å²) in [5, 5.41) is 0. The van der Waals surface area contributed by atoms with E-state index in [4.69, 9.17) is 0 Å². The van der Waals surface area contributed by atoms with Gasteiger partial charge in [0.05, 0.1) is 6.04 Å². The fourth-order valence-electron chi connectivity index (χ4n) is 0.821. The number of hydrogen-bond donors (Lipinski definition) is 0. The Morgan fingerprint density at radius 3 is 2.80 bits per heavy atom. The predicted octanol–water partition coefficient (Wildman–Crippen LogP) is 2.58. The van der Waals surface area contributed by atoms with Crippen molar-refractivity contribution >= 4 is 6.21 Å². The van der Waals surface area contributed by atoms with Gasteiger partial charge in [-0.15, -0.1) is 0 Å². The first-order valence-electron chi connectivity index (χ1n) is 4.03. The molecule has 1 nitrogen and oxygen atoms in total. The summed E-state index contributed by atoms with van der Waals surface area (Å²) < 4.78 is 0. The molecular formula is C9H15N. The summed E-state index contributed by atoms with van der Waals surface area (Å²) in [5.74, 6) is 0. The van der Waals surface area contributed by atoms with E-state index in [-0.39, 0.29) is 0 Å². The third-order valence-corrected chi connectivity index (χ3v) is 1.56. The second-order valence-electron chi connectivity index (χ2n) is 2.87. The molecule has 0 bridgehead atoms. The summed E-state index contributed by atoms with van der Waals surface area (Å²) in [6, 6.07) is 0.667. The highest BCUT2D eigenvalue weighted by atomic mass is 14.8. The molecule has 0 aliphatic heterocycles. The maximum atomic E-state index is 4.36. The molecule has 0 amide bonds. The zero-order chi connectivity index (χ0) is 7.40. The van der Waals surface area contributed by atoms with E-state index in [0.29, 0.717) is 6.04 Å². The molecule has 0 N–H and O–H groups in total. The van der Waals surface area contributed by atoms with Gasteiger partial charge < -0.3 is 0 Å². The van der Waals surface area contributed by atoms with Crippen LogP contribution in [0, 0.1) is 0 Å². The van der Waals surface area contributed by atoms with Crippen LogP contribution in [0.4, 0.5) is 0 Å². The van der Waals surface area contributed by atoms with Crippen LogP contribution >= 0.6 is 0 Å². The van der Waals surface area contributed by atoms with Gasteiger partial charge in [-0.25, -0.2) is 0 Å². The van der Waals surface area contributed by atoms with Crippen LogP contribution in [0.25, 0.3) is 0 Å². The number of rotatable bonds is 3. The van der Waals surface area contributed by atoms with Crippen molar-refractivity contribution in [3.8, 4) is 0 Å². The normalized spacial score (nSPS) is 20.4. The maximum absolute atomic E-state index is 4.36. The molecule has 1 aliphatic rings. The van der Waals surface area contributed by atoms with Crippen molar-refractivity contribution in [3.05, 3.63) is 11.6 Å². The molecule has 1 aliphatic carbocycles. The predicted molar refractivity (Wildman–Crippen MR) is 45.6 cm³/mol. The molecule has 0 unspecified atom stereocenters. The first-order valence-corrected chi connectivity index (χ1v) is 4.03. The molecule has 1 fully saturated rings. The second-order valence-corrected chi connectivity index (χ2v) is 2.87. The Morgan fingerprint density at radius 1 is 1.60 bits per heavy atom. The minimum absolute atomic E-state index is 0.667. The van der Waals surface area contributed by atoms with Gasteiger partial charge in [-0.05, 0) is 31.8 Å². The SMILES string of the molecule is CCC=C(C)C=NC1CC1. The standard InChI is InChI=1S/C9H15N/c1-3-4-8(2)7-10-9-5-6-9/h4,7,9H,3,5-6H2,1-2H3. The van der Waals surface area contributed by atoms with Crippen LogP contribution in [0.3, 0.4) is 0 Å². The van der Waals surface area contributed by atoms with Crippen molar-refractivity contribution in [3.63, 3.8) is 0 Å². The molecule has 0 saturated heterocycles.